The molecule has 0 rings (SSSR count). The molecule has 0 aromatic carbocycles. The van der Waals surface area contributed by atoms with Crippen LogP contribution in [0.5, 0.6) is 0 Å². The summed E-state index contributed by atoms with van der Waals surface area (Å²) in [6, 6.07) is 0. The van der Waals surface area contributed by atoms with Crippen LogP contribution in [0.25, 0.3) is 0 Å². The monoisotopic (exact) mass is 804 g/mol. The molecule has 0 spiro atoms. The van der Waals surface area contributed by atoms with Crippen molar-refractivity contribution in [1.29, 1.82) is 0 Å². The third-order valence-electron chi connectivity index (χ3n) is 8.27. The number of hydrogen-bond acceptors (Lipinski definition) is 8. The van der Waals surface area contributed by atoms with Crippen molar-refractivity contribution in [3.63, 3.8) is 0 Å². The van der Waals surface area contributed by atoms with Crippen molar-refractivity contribution in [2.75, 3.05) is 13.2 Å². The Hall–Kier alpha value is -3.11. The van der Waals surface area contributed by atoms with E-state index in [4.69, 9.17) is 19.3 Å². The number of esters is 2. The maximum Gasteiger partial charge on any atom is 0.469 e. The van der Waals surface area contributed by atoms with Crippen molar-refractivity contribution in [3.8, 4) is 0 Å². The third kappa shape index (κ3) is 40.6. The zero-order valence-corrected chi connectivity index (χ0v) is 35.1. The maximum atomic E-state index is 12.4. The lowest BCUT2D eigenvalue weighted by molar-refractivity contribution is -0.161. The number of aliphatic hydroxyl groups excluding tert-OH is 2. The van der Waals surface area contributed by atoms with E-state index in [9.17, 15) is 24.4 Å². The van der Waals surface area contributed by atoms with Crippen LogP contribution in [0.4, 0.5) is 0 Å². The number of unbranched alkanes of at least 4 members (excludes halogenated alkanes) is 9. The Morgan fingerprint density at radius 2 is 1.07 bits per heavy atom. The van der Waals surface area contributed by atoms with Gasteiger partial charge in [0.1, 0.15) is 6.61 Å². The lowest BCUT2D eigenvalue weighted by Gasteiger charge is -2.18. The number of rotatable bonds is 36. The SMILES string of the molecule is CCCCC/C=C\C/C=C\C/C=C\C/C=C\CCCCCC(=O)O[C@H](COC(=O)CCC[C@H](O)\C=C/C=C/C=C/[C@H](O)C/C=C\CCCCC)COP(=O)(O)O. The molecule has 318 valence electrons. The number of aliphatic hydroxyl groups is 2. The molecular formula is C45H73O10P. The van der Waals surface area contributed by atoms with E-state index >= 15 is 0 Å². The molecule has 0 amide bonds. The van der Waals surface area contributed by atoms with Crippen LogP contribution in [0.2, 0.25) is 0 Å². The summed E-state index contributed by atoms with van der Waals surface area (Å²) in [5.41, 5.74) is 0. The number of ether oxygens (including phenoxy) is 2. The van der Waals surface area contributed by atoms with Crippen molar-refractivity contribution in [3.05, 3.63) is 97.2 Å². The highest BCUT2D eigenvalue weighted by Crippen LogP contribution is 2.36. The van der Waals surface area contributed by atoms with Crippen LogP contribution >= 0.6 is 7.82 Å². The van der Waals surface area contributed by atoms with Crippen LogP contribution in [-0.4, -0.2) is 63.5 Å². The summed E-state index contributed by atoms with van der Waals surface area (Å²) in [7, 11) is -4.83. The van der Waals surface area contributed by atoms with Crippen molar-refractivity contribution < 1.29 is 48.2 Å². The van der Waals surface area contributed by atoms with E-state index < -0.39 is 51.3 Å². The molecule has 3 atom stereocenters. The molecule has 0 saturated heterocycles. The number of phosphoric acid groups is 1. The molecule has 4 N–H and O–H groups in total. The zero-order chi connectivity index (χ0) is 41.4. The number of phosphoric ester groups is 1. The van der Waals surface area contributed by atoms with Crippen LogP contribution in [0, 0.1) is 0 Å². The quantitative estimate of drug-likeness (QED) is 0.0158. The minimum atomic E-state index is -4.83. The van der Waals surface area contributed by atoms with Crippen molar-refractivity contribution in [1.82, 2.24) is 0 Å². The summed E-state index contributed by atoms with van der Waals surface area (Å²) in [6.07, 6.45) is 46.1. The van der Waals surface area contributed by atoms with Gasteiger partial charge in [-0.25, -0.2) is 4.57 Å². The molecule has 0 aliphatic heterocycles. The van der Waals surface area contributed by atoms with E-state index in [0.29, 0.717) is 25.7 Å². The van der Waals surface area contributed by atoms with Gasteiger partial charge in [-0.05, 0) is 83.5 Å². The second kappa shape index (κ2) is 38.7. The first-order chi connectivity index (χ1) is 27.1. The minimum absolute atomic E-state index is 0.00608. The number of carbonyl (C=O) groups excluding carboxylic acids is 2. The van der Waals surface area contributed by atoms with E-state index in [-0.39, 0.29) is 12.8 Å². The average molecular weight is 805 g/mol. The van der Waals surface area contributed by atoms with Gasteiger partial charge in [-0.1, -0.05) is 143 Å². The smallest absolute Gasteiger partial charge is 0.462 e. The minimum Gasteiger partial charge on any atom is -0.462 e. The predicted octanol–water partition coefficient (Wildman–Crippen LogP) is 10.6. The van der Waals surface area contributed by atoms with E-state index in [1.54, 1.807) is 36.5 Å². The van der Waals surface area contributed by atoms with Crippen LogP contribution in [0.15, 0.2) is 97.2 Å². The molecule has 11 heteroatoms. The Kier molecular flexibility index (Phi) is 36.6. The molecule has 0 fully saturated rings. The molecule has 0 bridgehead atoms. The highest BCUT2D eigenvalue weighted by atomic mass is 31.2. The average Bonchev–Trinajstić information content (AvgIpc) is 3.16. The van der Waals surface area contributed by atoms with Gasteiger partial charge in [0, 0.05) is 12.8 Å². The Morgan fingerprint density at radius 1 is 0.571 bits per heavy atom. The predicted molar refractivity (Wildman–Crippen MR) is 228 cm³/mol. The van der Waals surface area contributed by atoms with Gasteiger partial charge in [-0.15, -0.1) is 0 Å². The molecule has 10 nitrogen and oxygen atoms in total. The van der Waals surface area contributed by atoms with E-state index in [0.717, 1.165) is 44.9 Å². The van der Waals surface area contributed by atoms with Crippen LogP contribution in [-0.2, 0) is 28.2 Å². The third-order valence-corrected chi connectivity index (χ3v) is 8.75. The summed E-state index contributed by atoms with van der Waals surface area (Å²) >= 11 is 0. The molecule has 0 aromatic heterocycles. The number of carbonyl (C=O) groups is 2. The van der Waals surface area contributed by atoms with E-state index in [1.165, 1.54) is 44.9 Å². The van der Waals surface area contributed by atoms with Crippen LogP contribution in [0.3, 0.4) is 0 Å². The Bertz CT molecular complexity index is 1260. The molecule has 0 heterocycles. The Balaban J connectivity index is 4.28. The molecule has 0 aliphatic carbocycles. The molecule has 0 unspecified atom stereocenters. The first kappa shape index (κ1) is 52.9. The highest BCUT2D eigenvalue weighted by molar-refractivity contribution is 7.46. The molecule has 0 radical (unpaired) electrons. The fourth-order valence-electron chi connectivity index (χ4n) is 5.08. The Morgan fingerprint density at radius 3 is 1.62 bits per heavy atom. The second-order valence-corrected chi connectivity index (χ2v) is 14.9. The Labute approximate surface area is 338 Å². The topological polar surface area (TPSA) is 160 Å². The standard InChI is InChI=1S/C45H73O10P/c1-3-5-7-9-11-12-13-14-15-16-17-18-19-20-21-22-23-25-31-37-45(49)55-43(40-54-56(50,51)52)39-53-44(48)38-32-36-42(47)35-30-27-26-29-34-41(46)33-28-24-10-8-6-4-2/h11-12,14-15,17-18,20-21,24,26-30,34-35,41-43,46-47H,3-10,13,16,19,22-23,25,31-33,36-40H2,1-2H3,(H2,50,51,52)/b12-11-,15-14-,18-17-,21-20-,27-26+,28-24-,34-29+,35-30-/t41-,42-,43-/m1/s1. The van der Waals surface area contributed by atoms with Crippen LogP contribution in [0.1, 0.15) is 142 Å². The summed E-state index contributed by atoms with van der Waals surface area (Å²) in [6.45, 7) is 3.34. The van der Waals surface area contributed by atoms with Crippen LogP contribution < -0.4 is 0 Å². The molecular weight excluding hydrogens is 731 g/mol. The highest BCUT2D eigenvalue weighted by Gasteiger charge is 2.23. The summed E-state index contributed by atoms with van der Waals surface area (Å²) in [4.78, 5) is 42.8. The van der Waals surface area contributed by atoms with Gasteiger partial charge >= 0.3 is 19.8 Å². The van der Waals surface area contributed by atoms with Gasteiger partial charge in [-0.2, -0.15) is 0 Å². The first-order valence-corrected chi connectivity index (χ1v) is 22.3. The summed E-state index contributed by atoms with van der Waals surface area (Å²) < 4.78 is 26.2. The molecule has 0 saturated carbocycles. The summed E-state index contributed by atoms with van der Waals surface area (Å²) in [5, 5.41) is 20.2. The van der Waals surface area contributed by atoms with Crippen molar-refractivity contribution >= 4 is 19.8 Å². The molecule has 0 aromatic rings. The van der Waals surface area contributed by atoms with Gasteiger partial charge in [0.05, 0.1) is 18.8 Å². The van der Waals surface area contributed by atoms with Gasteiger partial charge in [0.15, 0.2) is 6.10 Å². The zero-order valence-electron chi connectivity index (χ0n) is 34.2. The van der Waals surface area contributed by atoms with Gasteiger partial charge in [-0.3, -0.25) is 14.1 Å². The largest absolute Gasteiger partial charge is 0.469 e. The molecule has 0 aliphatic rings. The fourth-order valence-corrected chi connectivity index (χ4v) is 5.44. The normalized spacial score (nSPS) is 14.6. The second-order valence-electron chi connectivity index (χ2n) is 13.7. The lowest BCUT2D eigenvalue weighted by atomic mass is 10.1. The first-order valence-electron chi connectivity index (χ1n) is 20.7. The lowest BCUT2D eigenvalue weighted by Crippen LogP contribution is -2.29. The maximum absolute atomic E-state index is 12.4. The van der Waals surface area contributed by atoms with E-state index in [2.05, 4.69) is 73.1 Å². The van der Waals surface area contributed by atoms with Gasteiger partial charge in [0.25, 0.3) is 0 Å². The van der Waals surface area contributed by atoms with Crippen molar-refractivity contribution in [2.45, 2.75) is 161 Å². The van der Waals surface area contributed by atoms with Gasteiger partial charge < -0.3 is 29.5 Å². The number of hydrogen-bond donors (Lipinski definition) is 4. The van der Waals surface area contributed by atoms with Crippen molar-refractivity contribution in [2.24, 2.45) is 0 Å². The molecule has 56 heavy (non-hydrogen) atoms. The summed E-state index contributed by atoms with van der Waals surface area (Å²) in [5.74, 6) is -1.17. The van der Waals surface area contributed by atoms with E-state index in [1.807, 2.05) is 6.08 Å². The number of allylic oxidation sites excluding steroid dienone is 13. The fraction of sp³-hybridized carbons (Fsp3) is 0.600. The van der Waals surface area contributed by atoms with Gasteiger partial charge in [0.2, 0.25) is 0 Å².